The van der Waals surface area contributed by atoms with E-state index < -0.39 is 11.3 Å². The van der Waals surface area contributed by atoms with Gasteiger partial charge in [-0.15, -0.1) is 11.3 Å². The van der Waals surface area contributed by atoms with Gasteiger partial charge in [0.15, 0.2) is 12.4 Å². The fourth-order valence-corrected chi connectivity index (χ4v) is 5.27. The normalized spacial score (nSPS) is 15.0. The van der Waals surface area contributed by atoms with Gasteiger partial charge in [0.1, 0.15) is 0 Å². The first-order valence-corrected chi connectivity index (χ1v) is 11.2. The third-order valence-electron chi connectivity index (χ3n) is 5.74. The molecule has 1 amide bonds. The molecule has 1 fully saturated rings. The summed E-state index contributed by atoms with van der Waals surface area (Å²) < 4.78 is 6.55. The number of ketones is 1. The van der Waals surface area contributed by atoms with E-state index in [1.807, 2.05) is 24.3 Å². The number of esters is 1. The average molecular weight is 437 g/mol. The molecule has 1 N–H and O–H groups in total. The van der Waals surface area contributed by atoms with Crippen LogP contribution in [0.15, 0.2) is 48.5 Å². The van der Waals surface area contributed by atoms with Gasteiger partial charge in [-0.05, 0) is 44.0 Å². The summed E-state index contributed by atoms with van der Waals surface area (Å²) >= 11 is 1.60. The quantitative estimate of drug-likeness (QED) is 0.425. The second-order valence-electron chi connectivity index (χ2n) is 7.97. The summed E-state index contributed by atoms with van der Waals surface area (Å²) in [5, 5.41) is 3.59. The number of hydrogen-bond acceptors (Lipinski definition) is 6. The smallest absolute Gasteiger partial charge is 0.313 e. The minimum atomic E-state index is -0.633. The van der Waals surface area contributed by atoms with Gasteiger partial charge in [-0.2, -0.15) is 0 Å². The summed E-state index contributed by atoms with van der Waals surface area (Å²) in [5.41, 5.74) is 1.14. The van der Waals surface area contributed by atoms with Crippen molar-refractivity contribution in [1.82, 2.24) is 4.98 Å². The molecule has 3 aromatic rings. The maximum absolute atomic E-state index is 13.0. The van der Waals surface area contributed by atoms with Gasteiger partial charge in [0.2, 0.25) is 0 Å². The van der Waals surface area contributed by atoms with Crippen LogP contribution in [0.4, 0.5) is 5.69 Å². The van der Waals surface area contributed by atoms with Gasteiger partial charge in [0, 0.05) is 12.0 Å². The lowest BCUT2D eigenvalue weighted by Gasteiger charge is -2.25. The van der Waals surface area contributed by atoms with E-state index in [1.54, 1.807) is 35.6 Å². The van der Waals surface area contributed by atoms with Crippen LogP contribution < -0.4 is 5.32 Å². The molecule has 0 radical (unpaired) electrons. The van der Waals surface area contributed by atoms with Gasteiger partial charge in [-0.25, -0.2) is 4.98 Å². The highest BCUT2D eigenvalue weighted by atomic mass is 32.1. The molecule has 0 aliphatic heterocycles. The largest absolute Gasteiger partial charge is 0.455 e. The van der Waals surface area contributed by atoms with E-state index in [4.69, 9.17) is 4.74 Å². The first-order chi connectivity index (χ1) is 15.0. The summed E-state index contributed by atoms with van der Waals surface area (Å²) in [4.78, 5) is 41.8. The maximum Gasteiger partial charge on any atom is 0.313 e. The Hall–Kier alpha value is -3.06. The topological polar surface area (TPSA) is 85.4 Å². The highest BCUT2D eigenvalue weighted by molar-refractivity contribution is 7.18. The molecule has 0 unspecified atom stereocenters. The number of Topliss-reactive ketones (excluding diaryl/α,β-unsaturated/α-hetero) is 1. The van der Waals surface area contributed by atoms with Crippen LogP contribution in [0.25, 0.3) is 10.2 Å². The molecule has 31 heavy (non-hydrogen) atoms. The number of carbonyl (C=O) groups is 3. The molecule has 160 valence electrons. The third kappa shape index (κ3) is 4.66. The lowest BCUT2D eigenvalue weighted by molar-refractivity contribution is -0.158. The molecule has 2 aromatic carbocycles. The van der Waals surface area contributed by atoms with E-state index in [-0.39, 0.29) is 18.4 Å². The van der Waals surface area contributed by atoms with Crippen LogP contribution >= 0.6 is 11.3 Å². The molecule has 7 heteroatoms. The predicted molar refractivity (Wildman–Crippen MR) is 120 cm³/mol. The van der Waals surface area contributed by atoms with Crippen LogP contribution in [0, 0.1) is 5.41 Å². The van der Waals surface area contributed by atoms with Crippen LogP contribution in [0.2, 0.25) is 0 Å². The van der Waals surface area contributed by atoms with Crippen molar-refractivity contribution in [2.45, 2.75) is 39.0 Å². The van der Waals surface area contributed by atoms with E-state index in [1.165, 1.54) is 6.92 Å². The van der Waals surface area contributed by atoms with Gasteiger partial charge in [0.05, 0.1) is 26.3 Å². The second-order valence-corrected chi connectivity index (χ2v) is 9.08. The number of anilines is 1. The molecule has 1 aliphatic rings. The van der Waals surface area contributed by atoms with Gasteiger partial charge >= 0.3 is 5.97 Å². The predicted octanol–water partition coefficient (Wildman–Crippen LogP) is 4.78. The summed E-state index contributed by atoms with van der Waals surface area (Å²) in [6.07, 6.45) is 3.91. The number of fused-ring (bicyclic) bond motifs is 1. The second kappa shape index (κ2) is 8.98. The molecular weight excluding hydrogens is 412 g/mol. The number of benzene rings is 2. The Morgan fingerprint density at radius 3 is 2.52 bits per heavy atom. The van der Waals surface area contributed by atoms with Gasteiger partial charge < -0.3 is 10.1 Å². The molecule has 0 atom stereocenters. The van der Waals surface area contributed by atoms with E-state index in [0.29, 0.717) is 17.7 Å². The summed E-state index contributed by atoms with van der Waals surface area (Å²) in [5.74, 6) is -0.955. The van der Waals surface area contributed by atoms with Crippen LogP contribution in [-0.4, -0.2) is 29.3 Å². The van der Waals surface area contributed by atoms with Crippen LogP contribution in [0.3, 0.4) is 0 Å². The van der Waals surface area contributed by atoms with E-state index in [9.17, 15) is 14.4 Å². The lowest BCUT2D eigenvalue weighted by Crippen LogP contribution is -2.34. The van der Waals surface area contributed by atoms with Crippen LogP contribution in [0.1, 0.15) is 48.0 Å². The molecule has 1 aromatic heterocycles. The standard InChI is InChI=1S/C24H24N2O4S/c1-16(27)17-8-2-3-9-18(17)25-21(28)15-30-23(29)24(12-6-7-13-24)14-22-26-19-10-4-5-11-20(19)31-22/h2-5,8-11H,6-7,12-15H2,1H3,(H,25,28). The van der Waals surface area contributed by atoms with E-state index in [2.05, 4.69) is 10.3 Å². The summed E-state index contributed by atoms with van der Waals surface area (Å²) in [6, 6.07) is 14.7. The zero-order chi connectivity index (χ0) is 21.8. The Morgan fingerprint density at radius 2 is 1.77 bits per heavy atom. The Bertz CT molecular complexity index is 1100. The highest BCUT2D eigenvalue weighted by Gasteiger charge is 2.43. The number of nitrogens with one attached hydrogen (secondary N) is 1. The minimum Gasteiger partial charge on any atom is -0.455 e. The van der Waals surface area contributed by atoms with Gasteiger partial charge in [-0.3, -0.25) is 14.4 Å². The summed E-state index contributed by atoms with van der Waals surface area (Å²) in [7, 11) is 0. The van der Waals surface area contributed by atoms with E-state index in [0.717, 1.165) is 40.9 Å². The van der Waals surface area contributed by atoms with Crippen LogP contribution in [0.5, 0.6) is 0 Å². The highest BCUT2D eigenvalue weighted by Crippen LogP contribution is 2.43. The Kier molecular flexibility index (Phi) is 6.13. The monoisotopic (exact) mass is 436 g/mol. The Morgan fingerprint density at radius 1 is 1.06 bits per heavy atom. The van der Waals surface area contributed by atoms with Gasteiger partial charge in [-0.1, -0.05) is 37.1 Å². The molecule has 1 saturated carbocycles. The number of nitrogens with zero attached hydrogens (tertiary/aromatic N) is 1. The van der Waals surface area contributed by atoms with Crippen molar-refractivity contribution in [3.05, 3.63) is 59.1 Å². The van der Waals surface area contributed by atoms with Crippen molar-refractivity contribution in [2.75, 3.05) is 11.9 Å². The van der Waals surface area contributed by atoms with Gasteiger partial charge in [0.25, 0.3) is 5.91 Å². The molecule has 0 saturated heterocycles. The molecule has 6 nitrogen and oxygen atoms in total. The SMILES string of the molecule is CC(=O)c1ccccc1NC(=O)COC(=O)C1(Cc2nc3ccccc3s2)CCCC1. The van der Waals surface area contributed by atoms with Crippen molar-refractivity contribution in [3.8, 4) is 0 Å². The molecular formula is C24H24N2O4S. The Balaban J connectivity index is 1.42. The first-order valence-electron chi connectivity index (χ1n) is 10.4. The third-order valence-corrected chi connectivity index (χ3v) is 6.77. The molecule has 0 bridgehead atoms. The number of hydrogen-bond donors (Lipinski definition) is 1. The average Bonchev–Trinajstić information content (AvgIpc) is 3.39. The maximum atomic E-state index is 13.0. The molecule has 1 aliphatic carbocycles. The van der Waals surface area contributed by atoms with Crippen molar-refractivity contribution < 1.29 is 19.1 Å². The number of amides is 1. The number of ether oxygens (including phenoxy) is 1. The zero-order valence-electron chi connectivity index (χ0n) is 17.3. The van der Waals surface area contributed by atoms with Crippen molar-refractivity contribution in [2.24, 2.45) is 5.41 Å². The Labute approximate surface area is 184 Å². The lowest BCUT2D eigenvalue weighted by atomic mass is 9.83. The molecule has 4 rings (SSSR count). The number of para-hydroxylation sites is 2. The van der Waals surface area contributed by atoms with Crippen molar-refractivity contribution >= 4 is 44.9 Å². The first kappa shape index (κ1) is 21.2. The number of carbonyl (C=O) groups excluding carboxylic acids is 3. The van der Waals surface area contributed by atoms with E-state index >= 15 is 0 Å². The van der Waals surface area contributed by atoms with Crippen LogP contribution in [-0.2, 0) is 20.7 Å². The molecule has 1 heterocycles. The molecule has 0 spiro atoms. The summed E-state index contributed by atoms with van der Waals surface area (Å²) in [6.45, 7) is 1.06. The van der Waals surface area contributed by atoms with Crippen molar-refractivity contribution in [1.29, 1.82) is 0 Å². The number of aromatic nitrogens is 1. The number of rotatable bonds is 7. The van der Waals surface area contributed by atoms with Crippen molar-refractivity contribution in [3.63, 3.8) is 0 Å². The fraction of sp³-hybridized carbons (Fsp3) is 0.333. The zero-order valence-corrected chi connectivity index (χ0v) is 18.2. The minimum absolute atomic E-state index is 0.145. The number of thiazole rings is 1. The fourth-order valence-electron chi connectivity index (χ4n) is 4.16.